The zero-order chi connectivity index (χ0) is 11.7. The molecule has 1 unspecified atom stereocenters. The van der Waals surface area contributed by atoms with Crippen LogP contribution >= 0.6 is 0 Å². The minimum absolute atomic E-state index is 0.262. The van der Waals surface area contributed by atoms with Crippen molar-refractivity contribution in [2.24, 2.45) is 10.7 Å². The molecule has 0 aliphatic carbocycles. The van der Waals surface area contributed by atoms with Gasteiger partial charge in [-0.3, -0.25) is 0 Å². The Morgan fingerprint density at radius 3 is 2.62 bits per heavy atom. The van der Waals surface area contributed by atoms with E-state index in [1.165, 1.54) is 12.1 Å². The highest BCUT2D eigenvalue weighted by Crippen LogP contribution is 2.26. The molecule has 2 rings (SSSR count). The van der Waals surface area contributed by atoms with Gasteiger partial charge in [-0.15, -0.1) is 0 Å². The number of carbonyl (C=O) groups is 1. The summed E-state index contributed by atoms with van der Waals surface area (Å²) in [5.74, 6) is -0.0508. The molecule has 1 aromatic rings. The molecule has 1 aliphatic heterocycles. The fourth-order valence-electron chi connectivity index (χ4n) is 1.82. The number of hydrogen-bond acceptors (Lipinski definition) is 2. The molecule has 1 heterocycles. The highest BCUT2D eigenvalue weighted by Gasteiger charge is 2.33. The van der Waals surface area contributed by atoms with Crippen LogP contribution in [-0.4, -0.2) is 23.3 Å². The number of benzene rings is 1. The van der Waals surface area contributed by atoms with Gasteiger partial charge in [-0.1, -0.05) is 12.1 Å². The maximum absolute atomic E-state index is 12.8. The van der Waals surface area contributed by atoms with Gasteiger partial charge in [0, 0.05) is 6.54 Å². The van der Waals surface area contributed by atoms with Crippen LogP contribution < -0.4 is 5.73 Å². The number of carbonyl (C=O) groups excluding carboxylic acids is 1. The molecular formula is C11H12FN3O. The Kier molecular flexibility index (Phi) is 2.60. The normalized spacial score (nSPS) is 20.1. The third-order valence-corrected chi connectivity index (χ3v) is 2.59. The van der Waals surface area contributed by atoms with Crippen LogP contribution in [0, 0.1) is 5.82 Å². The van der Waals surface area contributed by atoms with Crippen LogP contribution in [0.5, 0.6) is 0 Å². The van der Waals surface area contributed by atoms with Gasteiger partial charge in [-0.05, 0) is 24.6 Å². The molecule has 0 radical (unpaired) electrons. The predicted molar refractivity (Wildman–Crippen MR) is 58.5 cm³/mol. The number of nitrogens with zero attached hydrogens (tertiary/aromatic N) is 2. The van der Waals surface area contributed by atoms with Crippen LogP contribution in [0.4, 0.5) is 9.18 Å². The van der Waals surface area contributed by atoms with Crippen molar-refractivity contribution in [3.05, 3.63) is 35.6 Å². The second-order valence-electron chi connectivity index (χ2n) is 3.56. The summed E-state index contributed by atoms with van der Waals surface area (Å²) in [7, 11) is 0. The fourth-order valence-corrected chi connectivity index (χ4v) is 1.82. The number of amidine groups is 1. The smallest absolute Gasteiger partial charge is 0.346 e. The summed E-state index contributed by atoms with van der Waals surface area (Å²) in [5.41, 5.74) is 6.47. The van der Waals surface area contributed by atoms with E-state index >= 15 is 0 Å². The second kappa shape index (κ2) is 3.92. The number of hydrogen-bond donors (Lipinski definition) is 1. The minimum atomic E-state index is -0.363. The zero-order valence-electron chi connectivity index (χ0n) is 8.85. The van der Waals surface area contributed by atoms with E-state index in [2.05, 4.69) is 4.99 Å². The highest BCUT2D eigenvalue weighted by molar-refractivity contribution is 6.03. The van der Waals surface area contributed by atoms with Gasteiger partial charge < -0.3 is 10.6 Å². The predicted octanol–water partition coefficient (Wildman–Crippen LogP) is 1.68. The monoisotopic (exact) mass is 221 g/mol. The Morgan fingerprint density at radius 1 is 1.44 bits per heavy atom. The number of halogens is 1. The van der Waals surface area contributed by atoms with Crippen LogP contribution in [0.2, 0.25) is 0 Å². The quantitative estimate of drug-likeness (QED) is 0.825. The average Bonchev–Trinajstić information content (AvgIpc) is 2.54. The maximum atomic E-state index is 12.8. The lowest BCUT2D eigenvalue weighted by Crippen LogP contribution is -2.33. The van der Waals surface area contributed by atoms with Crippen LogP contribution in [0.1, 0.15) is 18.5 Å². The molecule has 84 valence electrons. The summed E-state index contributed by atoms with van der Waals surface area (Å²) < 4.78 is 12.8. The van der Waals surface area contributed by atoms with Crippen molar-refractivity contribution >= 4 is 11.9 Å². The van der Waals surface area contributed by atoms with Gasteiger partial charge in [0.1, 0.15) is 17.7 Å². The number of urea groups is 1. The molecule has 0 bridgehead atoms. The van der Waals surface area contributed by atoms with Gasteiger partial charge in [0.05, 0.1) is 0 Å². The van der Waals surface area contributed by atoms with Gasteiger partial charge in [0.25, 0.3) is 0 Å². The van der Waals surface area contributed by atoms with Crippen molar-refractivity contribution in [1.82, 2.24) is 4.90 Å². The molecule has 0 aromatic heterocycles. The Labute approximate surface area is 92.6 Å². The van der Waals surface area contributed by atoms with E-state index in [1.807, 2.05) is 6.92 Å². The lowest BCUT2D eigenvalue weighted by Gasteiger charge is -2.22. The van der Waals surface area contributed by atoms with E-state index < -0.39 is 0 Å². The maximum Gasteiger partial charge on any atom is 0.346 e. The largest absolute Gasteiger partial charge is 0.385 e. The van der Waals surface area contributed by atoms with Crippen molar-refractivity contribution < 1.29 is 9.18 Å². The van der Waals surface area contributed by atoms with Gasteiger partial charge >= 0.3 is 6.03 Å². The summed E-state index contributed by atoms with van der Waals surface area (Å²) >= 11 is 0. The number of aliphatic imine (C=N–C) groups is 1. The Bertz CT molecular complexity index is 441. The van der Waals surface area contributed by atoms with Gasteiger partial charge in [0.2, 0.25) is 0 Å². The summed E-state index contributed by atoms with van der Waals surface area (Å²) in [6.45, 7) is 2.37. The lowest BCUT2D eigenvalue weighted by atomic mass is 10.1. The third kappa shape index (κ3) is 1.64. The van der Waals surface area contributed by atoms with Gasteiger partial charge in [0.15, 0.2) is 0 Å². The Morgan fingerprint density at radius 2 is 2.06 bits per heavy atom. The highest BCUT2D eigenvalue weighted by atomic mass is 19.1. The van der Waals surface area contributed by atoms with Crippen molar-refractivity contribution in [1.29, 1.82) is 0 Å². The number of nitrogens with two attached hydrogens (primary N) is 1. The van der Waals surface area contributed by atoms with Gasteiger partial charge in [-0.25, -0.2) is 9.18 Å². The molecule has 1 atom stereocenters. The fraction of sp³-hybridized carbons (Fsp3) is 0.273. The first-order valence-corrected chi connectivity index (χ1v) is 5.03. The molecule has 16 heavy (non-hydrogen) atoms. The Balaban J connectivity index is 2.36. The molecule has 0 saturated heterocycles. The molecular weight excluding hydrogens is 209 g/mol. The minimum Gasteiger partial charge on any atom is -0.385 e. The van der Waals surface area contributed by atoms with E-state index in [0.717, 1.165) is 5.56 Å². The summed E-state index contributed by atoms with van der Waals surface area (Å²) in [6.07, 6.45) is 0. The SMILES string of the molecule is CCN1C(=O)N=C(N)C1c1ccc(F)cc1. The number of amides is 2. The Hall–Kier alpha value is -1.91. The van der Waals surface area contributed by atoms with Crippen LogP contribution in [-0.2, 0) is 0 Å². The van der Waals surface area contributed by atoms with Crippen molar-refractivity contribution in [2.45, 2.75) is 13.0 Å². The van der Waals surface area contributed by atoms with Gasteiger partial charge in [-0.2, -0.15) is 4.99 Å². The van der Waals surface area contributed by atoms with Crippen LogP contribution in [0.25, 0.3) is 0 Å². The standard InChI is InChI=1S/C11H12FN3O/c1-2-15-9(10(13)14-11(15)16)7-3-5-8(12)6-4-7/h3-6,9H,2H2,1H3,(H2,13,14,16). The second-order valence-corrected chi connectivity index (χ2v) is 3.56. The molecule has 5 heteroatoms. The van der Waals surface area contributed by atoms with Crippen molar-refractivity contribution in [2.75, 3.05) is 6.54 Å². The van der Waals surface area contributed by atoms with E-state index in [0.29, 0.717) is 6.54 Å². The van der Waals surface area contributed by atoms with E-state index in [9.17, 15) is 9.18 Å². The molecule has 4 nitrogen and oxygen atoms in total. The number of likely N-dealkylation sites (N-methyl/N-ethyl adjacent to an activating group) is 1. The van der Waals surface area contributed by atoms with Crippen LogP contribution in [0.3, 0.4) is 0 Å². The van der Waals surface area contributed by atoms with Crippen molar-refractivity contribution in [3.63, 3.8) is 0 Å². The molecule has 2 N–H and O–H groups in total. The molecule has 0 fully saturated rings. The molecule has 1 aliphatic rings. The van der Waals surface area contributed by atoms with E-state index in [4.69, 9.17) is 5.73 Å². The summed E-state index contributed by atoms with van der Waals surface area (Å²) in [5, 5.41) is 0. The van der Waals surface area contributed by atoms with Crippen molar-refractivity contribution in [3.8, 4) is 0 Å². The van der Waals surface area contributed by atoms with Crippen LogP contribution in [0.15, 0.2) is 29.3 Å². The first-order chi connectivity index (χ1) is 7.63. The molecule has 1 aromatic carbocycles. The molecule has 2 amide bonds. The average molecular weight is 221 g/mol. The van der Waals surface area contributed by atoms with E-state index in [1.54, 1.807) is 17.0 Å². The topological polar surface area (TPSA) is 58.7 Å². The number of rotatable bonds is 2. The van der Waals surface area contributed by atoms with E-state index in [-0.39, 0.29) is 23.7 Å². The summed E-state index contributed by atoms with van der Waals surface area (Å²) in [4.78, 5) is 16.7. The first-order valence-electron chi connectivity index (χ1n) is 5.03. The molecule has 0 saturated carbocycles. The summed E-state index contributed by atoms with van der Waals surface area (Å²) in [6, 6.07) is 5.22. The lowest BCUT2D eigenvalue weighted by molar-refractivity contribution is 0.210. The zero-order valence-corrected chi connectivity index (χ0v) is 8.85. The molecule has 0 spiro atoms. The third-order valence-electron chi connectivity index (χ3n) is 2.59. The first kappa shape index (κ1) is 10.6.